The number of ether oxygens (including phenoxy) is 1. The van der Waals surface area contributed by atoms with Crippen molar-refractivity contribution in [2.45, 2.75) is 25.3 Å². The quantitative estimate of drug-likeness (QED) is 0.891. The maximum Gasteiger partial charge on any atom is 0.317 e. The molecule has 1 aromatic heterocycles. The summed E-state index contributed by atoms with van der Waals surface area (Å²) in [4.78, 5) is 28.1. The Kier molecular flexibility index (Phi) is 5.17. The van der Waals surface area contributed by atoms with Gasteiger partial charge in [-0.15, -0.1) is 0 Å². The number of nitrogens with zero attached hydrogens (tertiary/aromatic N) is 2. The van der Waals surface area contributed by atoms with Gasteiger partial charge in [0.2, 0.25) is 0 Å². The Bertz CT molecular complexity index is 515. The van der Waals surface area contributed by atoms with E-state index < -0.39 is 0 Å². The third-order valence-electron chi connectivity index (χ3n) is 4.35. The van der Waals surface area contributed by atoms with E-state index in [2.05, 4.69) is 5.32 Å². The van der Waals surface area contributed by atoms with Gasteiger partial charge in [-0.2, -0.15) is 0 Å². The van der Waals surface area contributed by atoms with Gasteiger partial charge in [-0.25, -0.2) is 4.79 Å². The molecule has 1 aromatic rings. The number of hydrogen-bond acceptors (Lipinski definition) is 4. The smallest absolute Gasteiger partial charge is 0.317 e. The summed E-state index contributed by atoms with van der Waals surface area (Å²) in [6, 6.07) is 3.49. The number of likely N-dealkylation sites (tertiary alicyclic amines) is 1. The van der Waals surface area contributed by atoms with Crippen LogP contribution in [0.2, 0.25) is 0 Å². The third kappa shape index (κ3) is 4.04. The van der Waals surface area contributed by atoms with Crippen molar-refractivity contribution in [2.75, 3.05) is 39.4 Å². The third-order valence-corrected chi connectivity index (χ3v) is 4.35. The molecule has 0 saturated carbocycles. The van der Waals surface area contributed by atoms with Crippen LogP contribution in [-0.2, 0) is 4.74 Å². The standard InChI is InChI=1S/C16H23N3O4/c20-15(14-3-1-11-23-14)18-7-4-13(5-8-18)17-16(21)19-6-2-10-22-12-9-19/h1,3,11,13H,2,4-10,12H2,(H,17,21). The van der Waals surface area contributed by atoms with Gasteiger partial charge >= 0.3 is 6.03 Å². The van der Waals surface area contributed by atoms with E-state index in [1.54, 1.807) is 17.0 Å². The lowest BCUT2D eigenvalue weighted by atomic mass is 10.0. The van der Waals surface area contributed by atoms with Crippen molar-refractivity contribution in [3.63, 3.8) is 0 Å². The van der Waals surface area contributed by atoms with Crippen LogP contribution in [0.15, 0.2) is 22.8 Å². The van der Waals surface area contributed by atoms with Gasteiger partial charge in [-0.05, 0) is 31.4 Å². The molecule has 0 unspecified atom stereocenters. The molecule has 2 saturated heterocycles. The number of amides is 3. The molecule has 0 radical (unpaired) electrons. The zero-order chi connectivity index (χ0) is 16.1. The molecule has 0 atom stereocenters. The van der Waals surface area contributed by atoms with Crippen LogP contribution >= 0.6 is 0 Å². The van der Waals surface area contributed by atoms with Gasteiger partial charge in [-0.1, -0.05) is 0 Å². The van der Waals surface area contributed by atoms with Crippen LogP contribution in [0, 0.1) is 0 Å². The number of urea groups is 1. The zero-order valence-electron chi connectivity index (χ0n) is 13.2. The molecule has 0 spiro atoms. The normalized spacial score (nSPS) is 20.2. The summed E-state index contributed by atoms with van der Waals surface area (Å²) < 4.78 is 10.5. The van der Waals surface area contributed by atoms with Gasteiger partial charge < -0.3 is 24.3 Å². The minimum absolute atomic E-state index is 0.0219. The first-order valence-corrected chi connectivity index (χ1v) is 8.20. The molecule has 126 valence electrons. The molecule has 23 heavy (non-hydrogen) atoms. The summed E-state index contributed by atoms with van der Waals surface area (Å²) in [6.07, 6.45) is 3.92. The lowest BCUT2D eigenvalue weighted by Gasteiger charge is -2.33. The summed E-state index contributed by atoms with van der Waals surface area (Å²) in [7, 11) is 0. The molecule has 0 bridgehead atoms. The predicted molar refractivity (Wildman–Crippen MR) is 83.2 cm³/mol. The van der Waals surface area contributed by atoms with E-state index >= 15 is 0 Å². The highest BCUT2D eigenvalue weighted by molar-refractivity contribution is 5.91. The van der Waals surface area contributed by atoms with Crippen molar-refractivity contribution in [1.82, 2.24) is 15.1 Å². The summed E-state index contributed by atoms with van der Waals surface area (Å²) in [5.41, 5.74) is 0. The first kappa shape index (κ1) is 15.9. The van der Waals surface area contributed by atoms with Crippen LogP contribution in [0.25, 0.3) is 0 Å². The Morgan fingerprint density at radius 3 is 2.65 bits per heavy atom. The first-order chi connectivity index (χ1) is 11.2. The minimum Gasteiger partial charge on any atom is -0.459 e. The second-order valence-corrected chi connectivity index (χ2v) is 5.95. The molecule has 3 rings (SSSR count). The number of hydrogen-bond donors (Lipinski definition) is 1. The average molecular weight is 321 g/mol. The van der Waals surface area contributed by atoms with Crippen molar-refractivity contribution in [2.24, 2.45) is 0 Å². The van der Waals surface area contributed by atoms with E-state index in [0.29, 0.717) is 32.0 Å². The Morgan fingerprint density at radius 2 is 1.91 bits per heavy atom. The fraction of sp³-hybridized carbons (Fsp3) is 0.625. The van der Waals surface area contributed by atoms with Crippen molar-refractivity contribution >= 4 is 11.9 Å². The molecular formula is C16H23N3O4. The monoisotopic (exact) mass is 321 g/mol. The molecule has 3 heterocycles. The van der Waals surface area contributed by atoms with Gasteiger partial charge in [0.25, 0.3) is 5.91 Å². The number of carbonyl (C=O) groups excluding carboxylic acids is 2. The number of furan rings is 1. The molecule has 2 fully saturated rings. The maximum atomic E-state index is 12.3. The molecule has 0 aliphatic carbocycles. The summed E-state index contributed by atoms with van der Waals surface area (Å²) in [6.45, 7) is 3.96. The van der Waals surface area contributed by atoms with E-state index in [9.17, 15) is 9.59 Å². The second kappa shape index (κ2) is 7.50. The van der Waals surface area contributed by atoms with Gasteiger partial charge in [0.15, 0.2) is 5.76 Å². The first-order valence-electron chi connectivity index (χ1n) is 8.20. The van der Waals surface area contributed by atoms with Crippen molar-refractivity contribution < 1.29 is 18.7 Å². The minimum atomic E-state index is -0.0792. The van der Waals surface area contributed by atoms with E-state index in [-0.39, 0.29) is 18.0 Å². The number of rotatable bonds is 2. The van der Waals surface area contributed by atoms with E-state index in [1.807, 2.05) is 4.90 Å². The van der Waals surface area contributed by atoms with Crippen LogP contribution in [0.5, 0.6) is 0 Å². The molecule has 7 nitrogen and oxygen atoms in total. The van der Waals surface area contributed by atoms with Gasteiger partial charge in [0.05, 0.1) is 12.9 Å². The molecular weight excluding hydrogens is 298 g/mol. The summed E-state index contributed by atoms with van der Waals surface area (Å²) in [5, 5.41) is 3.08. The van der Waals surface area contributed by atoms with Crippen molar-refractivity contribution in [3.05, 3.63) is 24.2 Å². The fourth-order valence-corrected chi connectivity index (χ4v) is 3.00. The van der Waals surface area contributed by atoms with E-state index in [4.69, 9.17) is 9.15 Å². The van der Waals surface area contributed by atoms with Crippen LogP contribution in [-0.4, -0.2) is 67.2 Å². The highest BCUT2D eigenvalue weighted by Gasteiger charge is 2.27. The SMILES string of the molecule is O=C(NC1CCN(C(=O)c2ccco2)CC1)N1CCCOCC1. The number of nitrogens with one attached hydrogen (secondary N) is 1. The largest absolute Gasteiger partial charge is 0.459 e. The maximum absolute atomic E-state index is 12.3. The molecule has 3 amide bonds. The number of piperidine rings is 1. The topological polar surface area (TPSA) is 75.0 Å². The van der Waals surface area contributed by atoms with Gasteiger partial charge in [-0.3, -0.25) is 4.79 Å². The average Bonchev–Trinajstić information content (AvgIpc) is 2.97. The van der Waals surface area contributed by atoms with Crippen LogP contribution in [0.4, 0.5) is 4.79 Å². The molecule has 2 aliphatic rings. The van der Waals surface area contributed by atoms with Crippen LogP contribution in [0.3, 0.4) is 0 Å². The molecule has 7 heteroatoms. The van der Waals surface area contributed by atoms with Crippen molar-refractivity contribution in [1.29, 1.82) is 0 Å². The Labute approximate surface area is 135 Å². The predicted octanol–water partition coefficient (Wildman–Crippen LogP) is 1.32. The Hall–Kier alpha value is -2.02. The van der Waals surface area contributed by atoms with Crippen molar-refractivity contribution in [3.8, 4) is 0 Å². The van der Waals surface area contributed by atoms with Gasteiger partial charge in [0, 0.05) is 38.8 Å². The highest BCUT2D eigenvalue weighted by Crippen LogP contribution is 2.15. The number of carbonyl (C=O) groups is 2. The fourth-order valence-electron chi connectivity index (χ4n) is 3.00. The lowest BCUT2D eigenvalue weighted by Crippen LogP contribution is -2.50. The second-order valence-electron chi connectivity index (χ2n) is 5.95. The van der Waals surface area contributed by atoms with E-state index in [1.165, 1.54) is 6.26 Å². The van der Waals surface area contributed by atoms with Crippen LogP contribution < -0.4 is 5.32 Å². The Balaban J connectivity index is 1.45. The molecule has 2 aliphatic heterocycles. The zero-order valence-corrected chi connectivity index (χ0v) is 13.2. The molecule has 0 aromatic carbocycles. The summed E-state index contributed by atoms with van der Waals surface area (Å²) >= 11 is 0. The highest BCUT2D eigenvalue weighted by atomic mass is 16.5. The Morgan fingerprint density at radius 1 is 1.09 bits per heavy atom. The molecule has 1 N–H and O–H groups in total. The van der Waals surface area contributed by atoms with Crippen LogP contribution in [0.1, 0.15) is 29.8 Å². The summed E-state index contributed by atoms with van der Waals surface area (Å²) in [5.74, 6) is 0.293. The van der Waals surface area contributed by atoms with Gasteiger partial charge in [0.1, 0.15) is 0 Å². The van der Waals surface area contributed by atoms with E-state index in [0.717, 1.165) is 32.4 Å². The lowest BCUT2D eigenvalue weighted by molar-refractivity contribution is 0.0674.